The summed E-state index contributed by atoms with van der Waals surface area (Å²) in [5.74, 6) is -0.844. The maximum Gasteiger partial charge on any atom is 0.306 e. The molecule has 1 aliphatic rings. The lowest BCUT2D eigenvalue weighted by atomic mass is 9.99. The molecule has 10 heteroatoms. The van der Waals surface area contributed by atoms with Crippen molar-refractivity contribution in [3.8, 4) is 0 Å². The van der Waals surface area contributed by atoms with Crippen molar-refractivity contribution in [3.63, 3.8) is 0 Å². The number of rotatable bonds is 24. The van der Waals surface area contributed by atoms with Crippen LogP contribution in [0.25, 0.3) is 0 Å². The Morgan fingerprint density at radius 3 is 1.98 bits per heavy atom. The second kappa shape index (κ2) is 24.6. The summed E-state index contributed by atoms with van der Waals surface area (Å²) in [5, 5.41) is 39.6. The van der Waals surface area contributed by atoms with Crippen molar-refractivity contribution in [2.45, 2.75) is 147 Å². The van der Waals surface area contributed by atoms with Gasteiger partial charge in [-0.25, -0.2) is 0 Å². The Morgan fingerprint density at radius 2 is 1.36 bits per heavy atom. The predicted octanol–water partition coefficient (Wildman–Crippen LogP) is 4.26. The van der Waals surface area contributed by atoms with Gasteiger partial charge in [-0.3, -0.25) is 9.59 Å². The molecule has 1 saturated heterocycles. The van der Waals surface area contributed by atoms with E-state index in [1.54, 1.807) is 0 Å². The van der Waals surface area contributed by atoms with Crippen molar-refractivity contribution < 1.29 is 49.0 Å². The Hall–Kier alpha value is -1.82. The molecule has 244 valence electrons. The number of allylic oxidation sites excluding steroid dienone is 4. The van der Waals surface area contributed by atoms with Gasteiger partial charge in [-0.1, -0.05) is 69.8 Å². The van der Waals surface area contributed by atoms with E-state index in [1.807, 2.05) is 13.0 Å². The van der Waals surface area contributed by atoms with Crippen LogP contribution in [0, 0.1) is 0 Å². The third-order valence-electron chi connectivity index (χ3n) is 7.16. The van der Waals surface area contributed by atoms with Crippen molar-refractivity contribution in [2.75, 3.05) is 19.8 Å². The summed E-state index contributed by atoms with van der Waals surface area (Å²) in [7, 11) is 0. The highest BCUT2D eigenvalue weighted by atomic mass is 16.7. The number of unbranched alkanes of at least 4 members (excludes halogenated alkanes) is 10. The van der Waals surface area contributed by atoms with Crippen LogP contribution >= 0.6 is 0 Å². The maximum atomic E-state index is 12.5. The van der Waals surface area contributed by atoms with Crippen LogP contribution in [0.4, 0.5) is 0 Å². The molecule has 0 spiro atoms. The van der Waals surface area contributed by atoms with Crippen LogP contribution in [-0.4, -0.2) is 89.0 Å². The van der Waals surface area contributed by atoms with Gasteiger partial charge >= 0.3 is 11.9 Å². The second-order valence-electron chi connectivity index (χ2n) is 10.9. The van der Waals surface area contributed by atoms with Gasteiger partial charge in [-0.05, 0) is 51.9 Å². The molecule has 1 aliphatic heterocycles. The number of carbonyl (C=O) groups is 2. The summed E-state index contributed by atoms with van der Waals surface area (Å²) in [4.78, 5) is 24.8. The van der Waals surface area contributed by atoms with E-state index in [0.717, 1.165) is 70.6 Å². The van der Waals surface area contributed by atoms with Crippen molar-refractivity contribution in [1.82, 2.24) is 0 Å². The summed E-state index contributed by atoms with van der Waals surface area (Å²) in [6.07, 6.45) is 13.9. The van der Waals surface area contributed by atoms with Crippen molar-refractivity contribution in [3.05, 3.63) is 24.3 Å². The first-order valence-corrected chi connectivity index (χ1v) is 15.9. The lowest BCUT2D eigenvalue weighted by Crippen LogP contribution is -2.59. The van der Waals surface area contributed by atoms with E-state index in [0.29, 0.717) is 12.8 Å². The summed E-state index contributed by atoms with van der Waals surface area (Å²) in [5.41, 5.74) is 0. The number of esters is 2. The molecule has 0 aromatic heterocycles. The average Bonchev–Trinajstić information content (AvgIpc) is 2.98. The number of hydrogen-bond donors (Lipinski definition) is 4. The summed E-state index contributed by atoms with van der Waals surface area (Å²) in [6.45, 7) is 3.03. The summed E-state index contributed by atoms with van der Waals surface area (Å²) >= 11 is 0. The van der Waals surface area contributed by atoms with E-state index < -0.39 is 55.4 Å². The fourth-order valence-electron chi connectivity index (χ4n) is 4.60. The fourth-order valence-corrected chi connectivity index (χ4v) is 4.60. The molecule has 4 N–H and O–H groups in total. The van der Waals surface area contributed by atoms with Crippen molar-refractivity contribution in [2.24, 2.45) is 0 Å². The molecule has 1 rings (SSSR count). The van der Waals surface area contributed by atoms with E-state index in [1.165, 1.54) is 0 Å². The van der Waals surface area contributed by atoms with Gasteiger partial charge in [0.25, 0.3) is 0 Å². The fraction of sp³-hybridized carbons (Fsp3) is 0.812. The van der Waals surface area contributed by atoms with Gasteiger partial charge in [0.15, 0.2) is 12.4 Å². The number of aliphatic hydroxyl groups excluding tert-OH is 4. The molecule has 0 aliphatic carbocycles. The van der Waals surface area contributed by atoms with E-state index >= 15 is 0 Å². The van der Waals surface area contributed by atoms with Crippen LogP contribution in [0.15, 0.2) is 24.3 Å². The van der Waals surface area contributed by atoms with Crippen LogP contribution in [-0.2, 0) is 28.5 Å². The van der Waals surface area contributed by atoms with E-state index in [4.69, 9.17) is 18.9 Å². The molecule has 0 aromatic carbocycles. The van der Waals surface area contributed by atoms with Crippen molar-refractivity contribution >= 4 is 11.9 Å². The normalized spacial score (nSPS) is 23.4. The van der Waals surface area contributed by atoms with Crippen molar-refractivity contribution in [1.29, 1.82) is 0 Å². The monoisotopic (exact) mass is 600 g/mol. The van der Waals surface area contributed by atoms with Gasteiger partial charge in [0.2, 0.25) is 0 Å². The Bertz CT molecular complexity index is 754. The Kier molecular flexibility index (Phi) is 22.4. The van der Waals surface area contributed by atoms with Gasteiger partial charge in [0, 0.05) is 12.8 Å². The zero-order valence-electron chi connectivity index (χ0n) is 25.7. The van der Waals surface area contributed by atoms with Crippen LogP contribution in [0.2, 0.25) is 0 Å². The highest BCUT2D eigenvalue weighted by molar-refractivity contribution is 5.70. The molecule has 0 bridgehead atoms. The highest BCUT2D eigenvalue weighted by Crippen LogP contribution is 2.22. The quantitative estimate of drug-likeness (QED) is 0.0718. The van der Waals surface area contributed by atoms with Gasteiger partial charge in [0.1, 0.15) is 31.0 Å². The first-order chi connectivity index (χ1) is 20.3. The molecule has 1 fully saturated rings. The minimum Gasteiger partial charge on any atom is -0.462 e. The first-order valence-electron chi connectivity index (χ1n) is 15.9. The lowest BCUT2D eigenvalue weighted by Gasteiger charge is -2.39. The molecule has 0 amide bonds. The topological polar surface area (TPSA) is 152 Å². The SMILES string of the molecule is C/C=C/CCCCCCCC(=O)OC[C@H](CO[C@@H]1O[C@H](CO)[C@H](O)[C@H](O)[C@H]1O)OC(=O)CCCCCCC/C=C\CC. The van der Waals surface area contributed by atoms with Crippen LogP contribution in [0.5, 0.6) is 0 Å². The Balaban J connectivity index is 2.50. The lowest BCUT2D eigenvalue weighted by molar-refractivity contribution is -0.305. The number of aliphatic hydroxyl groups is 4. The molecular formula is C32H56O10. The molecule has 6 atom stereocenters. The second-order valence-corrected chi connectivity index (χ2v) is 10.9. The number of carbonyl (C=O) groups excluding carboxylic acids is 2. The minimum atomic E-state index is -1.59. The minimum absolute atomic E-state index is 0.217. The van der Waals surface area contributed by atoms with Gasteiger partial charge in [-0.15, -0.1) is 0 Å². The Morgan fingerprint density at radius 1 is 0.762 bits per heavy atom. The third kappa shape index (κ3) is 17.3. The first kappa shape index (κ1) is 38.2. The summed E-state index contributed by atoms with van der Waals surface area (Å²) in [6, 6.07) is 0. The van der Waals surface area contributed by atoms with Gasteiger partial charge in [0.05, 0.1) is 13.2 Å². The van der Waals surface area contributed by atoms with Crippen LogP contribution in [0.3, 0.4) is 0 Å². The molecule has 10 nitrogen and oxygen atoms in total. The highest BCUT2D eigenvalue weighted by Gasteiger charge is 2.44. The maximum absolute atomic E-state index is 12.5. The van der Waals surface area contributed by atoms with E-state index in [9.17, 15) is 30.0 Å². The molecular weight excluding hydrogens is 544 g/mol. The van der Waals surface area contributed by atoms with Crippen LogP contribution < -0.4 is 0 Å². The molecule has 1 heterocycles. The molecule has 0 aromatic rings. The molecule has 0 saturated carbocycles. The van der Waals surface area contributed by atoms with E-state index in [2.05, 4.69) is 25.2 Å². The average molecular weight is 601 g/mol. The van der Waals surface area contributed by atoms with Gasteiger partial charge < -0.3 is 39.4 Å². The zero-order chi connectivity index (χ0) is 31.0. The predicted molar refractivity (Wildman–Crippen MR) is 159 cm³/mol. The summed E-state index contributed by atoms with van der Waals surface area (Å²) < 4.78 is 21.8. The smallest absolute Gasteiger partial charge is 0.306 e. The standard InChI is InChI=1S/C32H56O10/c1-3-5-7-9-11-13-15-17-19-21-28(35)41-25(23-39-27(34)20-18-16-14-12-10-8-6-4-2)24-40-32-31(38)30(37)29(36)26(22-33)42-32/h4-7,25-26,29-33,36-38H,3,8-24H2,1-2H3/b6-4+,7-5-/t25-,26-,29+,30+,31-,32-/m1/s1. The zero-order valence-corrected chi connectivity index (χ0v) is 25.7. The van der Waals surface area contributed by atoms with Crippen LogP contribution in [0.1, 0.15) is 110 Å². The molecule has 0 radical (unpaired) electrons. The largest absolute Gasteiger partial charge is 0.462 e. The molecule has 0 unspecified atom stereocenters. The number of ether oxygens (including phenoxy) is 4. The Labute approximate surface area is 252 Å². The van der Waals surface area contributed by atoms with E-state index in [-0.39, 0.29) is 26.1 Å². The van der Waals surface area contributed by atoms with Gasteiger partial charge in [-0.2, -0.15) is 0 Å². The number of hydrogen-bond acceptors (Lipinski definition) is 10. The third-order valence-corrected chi connectivity index (χ3v) is 7.16. The molecule has 42 heavy (non-hydrogen) atoms.